The van der Waals surface area contributed by atoms with Crippen LogP contribution in [0.25, 0.3) is 0 Å². The molecule has 2 fully saturated rings. The number of hydrogen-bond donors (Lipinski definition) is 0. The maximum absolute atomic E-state index is 4.47. The van der Waals surface area contributed by atoms with E-state index in [9.17, 15) is 0 Å². The van der Waals surface area contributed by atoms with Gasteiger partial charge in [0, 0.05) is 49.7 Å². The minimum Gasteiger partial charge on any atom is -0.295 e. The van der Waals surface area contributed by atoms with Crippen molar-refractivity contribution >= 4 is 15.9 Å². The van der Waals surface area contributed by atoms with Crippen molar-refractivity contribution in [2.24, 2.45) is 0 Å². The van der Waals surface area contributed by atoms with Crippen LogP contribution in [0.5, 0.6) is 0 Å². The van der Waals surface area contributed by atoms with Crippen molar-refractivity contribution in [2.75, 3.05) is 13.1 Å². The predicted molar refractivity (Wildman–Crippen MR) is 78.2 cm³/mol. The molecule has 20 heavy (non-hydrogen) atoms. The van der Waals surface area contributed by atoms with Crippen molar-refractivity contribution in [3.63, 3.8) is 0 Å². The summed E-state index contributed by atoms with van der Waals surface area (Å²) in [7, 11) is 0. The Labute approximate surface area is 126 Å². The van der Waals surface area contributed by atoms with Crippen molar-refractivity contribution in [1.82, 2.24) is 24.6 Å². The number of nitrogens with zero attached hydrogens (tertiary/aromatic N) is 5. The molecule has 2 aromatic rings. The van der Waals surface area contributed by atoms with Crippen molar-refractivity contribution in [3.05, 3.63) is 40.6 Å². The molecule has 104 valence electrons. The van der Waals surface area contributed by atoms with Crippen LogP contribution >= 0.6 is 15.9 Å². The van der Waals surface area contributed by atoms with Gasteiger partial charge in [0.15, 0.2) is 0 Å². The fourth-order valence-electron chi connectivity index (χ4n) is 2.61. The first-order chi connectivity index (χ1) is 9.78. The van der Waals surface area contributed by atoms with Crippen LogP contribution in [-0.4, -0.2) is 37.7 Å². The zero-order valence-electron chi connectivity index (χ0n) is 11.1. The van der Waals surface area contributed by atoms with Gasteiger partial charge in [-0.1, -0.05) is 0 Å². The molecule has 0 radical (unpaired) electrons. The number of likely N-dealkylation sites (tertiary alicyclic amines) is 1. The molecule has 0 atom stereocenters. The molecule has 0 bridgehead atoms. The van der Waals surface area contributed by atoms with Gasteiger partial charge in [0.05, 0.1) is 16.7 Å². The van der Waals surface area contributed by atoms with Gasteiger partial charge in [0.1, 0.15) is 5.82 Å². The van der Waals surface area contributed by atoms with Crippen LogP contribution < -0.4 is 0 Å². The third kappa shape index (κ3) is 2.50. The lowest BCUT2D eigenvalue weighted by molar-refractivity contribution is 0.0906. The third-order valence-electron chi connectivity index (χ3n) is 3.96. The zero-order chi connectivity index (χ0) is 13.5. The zero-order valence-corrected chi connectivity index (χ0v) is 12.7. The molecule has 3 heterocycles. The van der Waals surface area contributed by atoms with Crippen LogP contribution in [0.4, 0.5) is 0 Å². The average molecular weight is 334 g/mol. The Hall–Kier alpha value is -1.27. The molecule has 1 saturated carbocycles. The summed E-state index contributed by atoms with van der Waals surface area (Å²) in [5, 5.41) is 4.34. The first-order valence-corrected chi connectivity index (χ1v) is 7.80. The molecule has 0 amide bonds. The lowest BCUT2D eigenvalue weighted by Gasteiger charge is -2.39. The van der Waals surface area contributed by atoms with Crippen LogP contribution in [0.2, 0.25) is 0 Å². The quantitative estimate of drug-likeness (QED) is 0.861. The second-order valence-corrected chi connectivity index (χ2v) is 6.63. The monoisotopic (exact) mass is 333 g/mol. The minimum absolute atomic E-state index is 0.493. The van der Waals surface area contributed by atoms with E-state index >= 15 is 0 Å². The largest absolute Gasteiger partial charge is 0.295 e. The summed E-state index contributed by atoms with van der Waals surface area (Å²) in [6.07, 6.45) is 10.4. The Morgan fingerprint density at radius 2 is 1.90 bits per heavy atom. The van der Waals surface area contributed by atoms with Gasteiger partial charge >= 0.3 is 0 Å². The highest BCUT2D eigenvalue weighted by Crippen LogP contribution is 2.37. The Bertz CT molecular complexity index is 598. The number of aromatic nitrogens is 4. The molecule has 0 spiro atoms. The van der Waals surface area contributed by atoms with E-state index in [1.807, 2.05) is 29.5 Å². The van der Waals surface area contributed by atoms with E-state index in [1.165, 1.54) is 18.4 Å². The molecule has 2 aromatic heterocycles. The van der Waals surface area contributed by atoms with Crippen LogP contribution in [0.1, 0.15) is 36.2 Å². The van der Waals surface area contributed by atoms with Gasteiger partial charge in [-0.2, -0.15) is 5.10 Å². The normalized spacial score (nSPS) is 20.1. The Balaban J connectivity index is 1.32. The molecule has 6 heteroatoms. The van der Waals surface area contributed by atoms with E-state index in [2.05, 4.69) is 35.9 Å². The molecule has 1 aliphatic heterocycles. The smallest absolute Gasteiger partial charge is 0.131 e. The average Bonchev–Trinajstić information content (AvgIpc) is 3.17. The highest BCUT2D eigenvalue weighted by atomic mass is 79.9. The van der Waals surface area contributed by atoms with E-state index in [4.69, 9.17) is 0 Å². The Morgan fingerprint density at radius 1 is 1.15 bits per heavy atom. The van der Waals surface area contributed by atoms with E-state index < -0.39 is 0 Å². The van der Waals surface area contributed by atoms with Crippen molar-refractivity contribution in [2.45, 2.75) is 31.3 Å². The van der Waals surface area contributed by atoms with E-state index in [0.29, 0.717) is 12.0 Å². The van der Waals surface area contributed by atoms with Crippen LogP contribution in [0.3, 0.4) is 0 Å². The molecule has 0 unspecified atom stereocenters. The molecule has 0 aromatic carbocycles. The number of rotatable bonds is 4. The number of halogens is 1. The SMILES string of the molecule is Brc1cnn(C2CN(Cc3cnc(C4CC4)nc3)C2)c1. The third-order valence-corrected chi connectivity index (χ3v) is 4.37. The second-order valence-electron chi connectivity index (χ2n) is 5.71. The summed E-state index contributed by atoms with van der Waals surface area (Å²) in [6.45, 7) is 3.01. The molecule has 4 rings (SSSR count). The van der Waals surface area contributed by atoms with Gasteiger partial charge in [-0.05, 0) is 28.8 Å². The molecule has 0 N–H and O–H groups in total. The fraction of sp³-hybridized carbons (Fsp3) is 0.500. The molecular weight excluding hydrogens is 318 g/mol. The molecule has 1 saturated heterocycles. The standard InChI is InChI=1S/C14H16BrN5/c15-12-5-18-20(7-12)13-8-19(9-13)6-10-3-16-14(17-4-10)11-1-2-11/h3-5,7,11,13H,1-2,6,8-9H2. The Morgan fingerprint density at radius 3 is 2.50 bits per heavy atom. The molecule has 1 aliphatic carbocycles. The first kappa shape index (κ1) is 12.5. The highest BCUT2D eigenvalue weighted by molar-refractivity contribution is 9.10. The second kappa shape index (κ2) is 4.93. The fourth-order valence-corrected chi connectivity index (χ4v) is 2.91. The van der Waals surface area contributed by atoms with Crippen molar-refractivity contribution in [1.29, 1.82) is 0 Å². The topological polar surface area (TPSA) is 46.8 Å². The van der Waals surface area contributed by atoms with Gasteiger partial charge in [-0.15, -0.1) is 0 Å². The van der Waals surface area contributed by atoms with Crippen LogP contribution in [0, 0.1) is 0 Å². The molecule has 5 nitrogen and oxygen atoms in total. The summed E-state index contributed by atoms with van der Waals surface area (Å²) in [5.41, 5.74) is 1.20. The number of hydrogen-bond acceptors (Lipinski definition) is 4. The summed E-state index contributed by atoms with van der Waals surface area (Å²) in [4.78, 5) is 11.3. The summed E-state index contributed by atoms with van der Waals surface area (Å²) >= 11 is 3.43. The summed E-state index contributed by atoms with van der Waals surface area (Å²) in [6, 6.07) is 0.493. The highest BCUT2D eigenvalue weighted by Gasteiger charge is 2.29. The van der Waals surface area contributed by atoms with E-state index in [0.717, 1.165) is 29.9 Å². The van der Waals surface area contributed by atoms with Crippen molar-refractivity contribution < 1.29 is 0 Å². The van der Waals surface area contributed by atoms with Gasteiger partial charge in [-0.25, -0.2) is 9.97 Å². The van der Waals surface area contributed by atoms with Crippen LogP contribution in [0.15, 0.2) is 29.3 Å². The predicted octanol–water partition coefficient (Wildman–Crippen LogP) is 2.37. The minimum atomic E-state index is 0.493. The summed E-state index contributed by atoms with van der Waals surface area (Å²) in [5.74, 6) is 1.66. The van der Waals surface area contributed by atoms with E-state index in [1.54, 1.807) is 0 Å². The lowest BCUT2D eigenvalue weighted by atomic mass is 10.1. The van der Waals surface area contributed by atoms with Crippen molar-refractivity contribution in [3.8, 4) is 0 Å². The maximum atomic E-state index is 4.47. The van der Waals surface area contributed by atoms with E-state index in [-0.39, 0.29) is 0 Å². The van der Waals surface area contributed by atoms with Gasteiger partial charge < -0.3 is 0 Å². The first-order valence-electron chi connectivity index (χ1n) is 7.01. The molecule has 2 aliphatic rings. The van der Waals surface area contributed by atoms with Gasteiger partial charge in [0.2, 0.25) is 0 Å². The van der Waals surface area contributed by atoms with Gasteiger partial charge in [-0.3, -0.25) is 9.58 Å². The lowest BCUT2D eigenvalue weighted by Crippen LogP contribution is -2.47. The molecular formula is C14H16BrN5. The summed E-state index contributed by atoms with van der Waals surface area (Å²) < 4.78 is 3.08. The maximum Gasteiger partial charge on any atom is 0.131 e. The van der Waals surface area contributed by atoms with Gasteiger partial charge in [0.25, 0.3) is 0 Å². The van der Waals surface area contributed by atoms with Crippen LogP contribution in [-0.2, 0) is 6.54 Å². The Kier molecular flexibility index (Phi) is 3.07.